The van der Waals surface area contributed by atoms with Crippen molar-refractivity contribution in [3.05, 3.63) is 39.6 Å². The molecule has 7 nitrogen and oxygen atoms in total. The Morgan fingerprint density at radius 2 is 1.69 bits per heavy atom. The fourth-order valence-electron chi connectivity index (χ4n) is 3.75. The average Bonchev–Trinajstić information content (AvgIpc) is 3.21. The van der Waals surface area contributed by atoms with Crippen LogP contribution in [0.1, 0.15) is 22.2 Å². The van der Waals surface area contributed by atoms with E-state index in [9.17, 15) is 0 Å². The van der Waals surface area contributed by atoms with E-state index in [1.165, 1.54) is 9.75 Å². The van der Waals surface area contributed by atoms with Crippen LogP contribution in [0, 0.1) is 6.92 Å². The van der Waals surface area contributed by atoms with Crippen LogP contribution in [0.3, 0.4) is 0 Å². The molecule has 0 spiro atoms. The predicted octanol–water partition coefficient (Wildman–Crippen LogP) is 3.98. The van der Waals surface area contributed by atoms with Crippen molar-refractivity contribution in [2.24, 2.45) is 4.99 Å². The van der Waals surface area contributed by atoms with Gasteiger partial charge in [0.2, 0.25) is 5.75 Å². The number of aryl methyl sites for hydroxylation is 1. The molecule has 1 fully saturated rings. The van der Waals surface area contributed by atoms with Crippen molar-refractivity contribution >= 4 is 41.3 Å². The molecule has 0 aliphatic carbocycles. The van der Waals surface area contributed by atoms with E-state index in [1.807, 2.05) is 23.5 Å². The lowest BCUT2D eigenvalue weighted by atomic mass is 10.1. The van der Waals surface area contributed by atoms with Gasteiger partial charge in [-0.3, -0.25) is 4.90 Å². The molecule has 1 saturated heterocycles. The lowest BCUT2D eigenvalue weighted by Crippen LogP contribution is -2.52. The Labute approximate surface area is 212 Å². The number of thiophene rings is 1. The summed E-state index contributed by atoms with van der Waals surface area (Å²) in [5, 5.41) is 3.45. The molecule has 0 amide bonds. The van der Waals surface area contributed by atoms with Crippen LogP contribution in [0.25, 0.3) is 0 Å². The van der Waals surface area contributed by atoms with Crippen LogP contribution in [-0.4, -0.2) is 69.8 Å². The molecule has 3 rings (SSSR count). The number of nitrogens with one attached hydrogen (secondary N) is 1. The number of nitrogens with zero attached hydrogens (tertiary/aromatic N) is 3. The molecule has 178 valence electrons. The smallest absolute Gasteiger partial charge is 0.203 e. The van der Waals surface area contributed by atoms with Crippen molar-refractivity contribution in [2.45, 2.75) is 26.9 Å². The Morgan fingerprint density at radius 1 is 1.03 bits per heavy atom. The van der Waals surface area contributed by atoms with Crippen molar-refractivity contribution in [3.8, 4) is 17.2 Å². The van der Waals surface area contributed by atoms with E-state index in [2.05, 4.69) is 41.1 Å². The van der Waals surface area contributed by atoms with Crippen LogP contribution < -0.4 is 19.5 Å². The topological polar surface area (TPSA) is 58.6 Å². The van der Waals surface area contributed by atoms with Crippen LogP contribution in [0.15, 0.2) is 29.3 Å². The first kappa shape index (κ1) is 26.5. The summed E-state index contributed by atoms with van der Waals surface area (Å²) in [6.45, 7) is 10.5. The number of rotatable bonds is 8. The van der Waals surface area contributed by atoms with Crippen LogP contribution in [0.2, 0.25) is 0 Å². The van der Waals surface area contributed by atoms with Gasteiger partial charge < -0.3 is 24.4 Å². The third-order valence-corrected chi connectivity index (χ3v) is 6.30. The highest BCUT2D eigenvalue weighted by Gasteiger charge is 2.21. The number of halogens is 1. The number of hydrogen-bond donors (Lipinski definition) is 1. The number of aliphatic imine (C=N–C) groups is 1. The molecule has 32 heavy (non-hydrogen) atoms. The predicted molar refractivity (Wildman–Crippen MR) is 142 cm³/mol. The van der Waals surface area contributed by atoms with E-state index in [4.69, 9.17) is 19.2 Å². The molecule has 1 aliphatic rings. The van der Waals surface area contributed by atoms with Gasteiger partial charge in [-0.1, -0.05) is 0 Å². The molecule has 1 aliphatic heterocycles. The second-order valence-corrected chi connectivity index (χ2v) is 8.85. The quantitative estimate of drug-likeness (QED) is 0.293. The van der Waals surface area contributed by atoms with Gasteiger partial charge in [0.05, 0.1) is 27.9 Å². The van der Waals surface area contributed by atoms with E-state index >= 15 is 0 Å². The minimum absolute atomic E-state index is 0. The Balaban J connectivity index is 0.00000363. The minimum Gasteiger partial charge on any atom is -0.493 e. The van der Waals surface area contributed by atoms with Crippen LogP contribution in [0.5, 0.6) is 17.2 Å². The van der Waals surface area contributed by atoms with Crippen molar-refractivity contribution in [2.75, 3.05) is 54.1 Å². The van der Waals surface area contributed by atoms with Crippen molar-refractivity contribution in [1.82, 2.24) is 15.1 Å². The zero-order valence-electron chi connectivity index (χ0n) is 19.6. The summed E-state index contributed by atoms with van der Waals surface area (Å²) < 4.78 is 16.4. The van der Waals surface area contributed by atoms with E-state index in [0.29, 0.717) is 17.2 Å². The maximum Gasteiger partial charge on any atom is 0.203 e. The summed E-state index contributed by atoms with van der Waals surface area (Å²) in [6.07, 6.45) is 0. The molecule has 0 bridgehead atoms. The largest absolute Gasteiger partial charge is 0.493 e. The molecular formula is C23H35IN4O3S. The van der Waals surface area contributed by atoms with Crippen molar-refractivity contribution in [3.63, 3.8) is 0 Å². The Bertz CT molecular complexity index is 857. The van der Waals surface area contributed by atoms with E-state index in [0.717, 1.165) is 57.3 Å². The maximum absolute atomic E-state index is 5.49. The van der Waals surface area contributed by atoms with Crippen LogP contribution >= 0.6 is 35.3 Å². The Morgan fingerprint density at radius 3 is 2.19 bits per heavy atom. The molecule has 1 aromatic heterocycles. The van der Waals surface area contributed by atoms with Gasteiger partial charge >= 0.3 is 0 Å². The van der Waals surface area contributed by atoms with E-state index in [-0.39, 0.29) is 24.0 Å². The second-order valence-electron chi connectivity index (χ2n) is 7.48. The summed E-state index contributed by atoms with van der Waals surface area (Å²) in [4.78, 5) is 12.3. The normalized spacial score (nSPS) is 14.7. The monoisotopic (exact) mass is 574 g/mol. The second kappa shape index (κ2) is 13.1. The van der Waals surface area contributed by atoms with Crippen molar-refractivity contribution < 1.29 is 14.2 Å². The SMILES string of the molecule is CCNC(=NCc1ccc(C)s1)N1CCN(Cc2cc(OC)c(OC)c(OC)c2)CC1.I. The van der Waals surface area contributed by atoms with E-state index < -0.39 is 0 Å². The highest BCUT2D eigenvalue weighted by atomic mass is 127. The summed E-state index contributed by atoms with van der Waals surface area (Å²) in [7, 11) is 4.93. The number of ether oxygens (including phenoxy) is 3. The molecule has 0 unspecified atom stereocenters. The molecule has 0 saturated carbocycles. The van der Waals surface area contributed by atoms with Gasteiger partial charge in [0, 0.05) is 49.0 Å². The van der Waals surface area contributed by atoms with Gasteiger partial charge in [0.15, 0.2) is 17.5 Å². The highest BCUT2D eigenvalue weighted by Crippen LogP contribution is 2.38. The molecule has 1 N–H and O–H groups in total. The van der Waals surface area contributed by atoms with E-state index in [1.54, 1.807) is 21.3 Å². The number of hydrogen-bond acceptors (Lipinski definition) is 6. The van der Waals surface area contributed by atoms with Crippen molar-refractivity contribution in [1.29, 1.82) is 0 Å². The highest BCUT2D eigenvalue weighted by molar-refractivity contribution is 14.0. The van der Waals surface area contributed by atoms with Crippen LogP contribution in [0.4, 0.5) is 0 Å². The first-order chi connectivity index (χ1) is 15.1. The number of benzene rings is 1. The average molecular weight is 575 g/mol. The van der Waals surface area contributed by atoms with Gasteiger partial charge in [0.25, 0.3) is 0 Å². The van der Waals surface area contributed by atoms with Gasteiger partial charge in [0.1, 0.15) is 0 Å². The van der Waals surface area contributed by atoms with Gasteiger partial charge in [-0.15, -0.1) is 35.3 Å². The standard InChI is InChI=1S/C23H34N4O3S.HI/c1-6-24-23(25-15-19-8-7-17(2)31-19)27-11-9-26(10-12-27)16-18-13-20(28-3)22(30-5)21(14-18)29-4;/h7-8,13-14H,6,9-12,15-16H2,1-5H3,(H,24,25);1H. The molecule has 2 aromatic rings. The molecule has 0 radical (unpaired) electrons. The number of guanidine groups is 1. The Kier molecular flexibility index (Phi) is 10.9. The summed E-state index contributed by atoms with van der Waals surface area (Å²) in [6, 6.07) is 8.39. The lowest BCUT2D eigenvalue weighted by molar-refractivity contribution is 0.172. The molecule has 0 atom stereocenters. The first-order valence-corrected chi connectivity index (χ1v) is 11.5. The van der Waals surface area contributed by atoms with Gasteiger partial charge in [-0.2, -0.15) is 0 Å². The zero-order valence-corrected chi connectivity index (χ0v) is 22.8. The summed E-state index contributed by atoms with van der Waals surface area (Å²) >= 11 is 1.81. The molecule has 1 aromatic carbocycles. The molecular weight excluding hydrogens is 539 g/mol. The number of piperazine rings is 1. The lowest BCUT2D eigenvalue weighted by Gasteiger charge is -2.36. The summed E-state index contributed by atoms with van der Waals surface area (Å²) in [5.74, 6) is 3.02. The zero-order chi connectivity index (χ0) is 22.2. The third kappa shape index (κ3) is 6.89. The third-order valence-electron chi connectivity index (χ3n) is 5.32. The fraction of sp³-hybridized carbons (Fsp3) is 0.522. The molecule has 9 heteroatoms. The Hall–Kier alpha value is -1.72. The van der Waals surface area contributed by atoms with Gasteiger partial charge in [-0.05, 0) is 43.7 Å². The molecule has 2 heterocycles. The first-order valence-electron chi connectivity index (χ1n) is 10.7. The fourth-order valence-corrected chi connectivity index (χ4v) is 4.57. The minimum atomic E-state index is 0. The summed E-state index contributed by atoms with van der Waals surface area (Å²) in [5.41, 5.74) is 1.15. The number of methoxy groups -OCH3 is 3. The van der Waals surface area contributed by atoms with Gasteiger partial charge in [-0.25, -0.2) is 4.99 Å². The van der Waals surface area contributed by atoms with Crippen LogP contribution in [-0.2, 0) is 13.1 Å². The maximum atomic E-state index is 5.49.